The number of ketones is 1. The van der Waals surface area contributed by atoms with Gasteiger partial charge in [0, 0.05) is 42.7 Å². The molecular formula is C62H84F3N3O4. The smallest absolute Gasteiger partial charge is 0.168 e. The van der Waals surface area contributed by atoms with Gasteiger partial charge in [-0.25, -0.2) is 13.2 Å². The van der Waals surface area contributed by atoms with Crippen LogP contribution in [-0.2, 0) is 11.2 Å². The van der Waals surface area contributed by atoms with Gasteiger partial charge in [-0.1, -0.05) is 37.1 Å². The third kappa shape index (κ3) is 12.0. The SMILES string of the molecule is COc1c(F)cc(F)cc1C1CCN([C@H]2C[C@H]3CC[C@H]2C3)CC1.COc1ccc(CC(C)=O)cc1C1CCN(CC2C[C@H]3CC[C@H]2C3)CC1.COc1ccc(F)cc1C1CCN(C[C@@H]2C[C@H]3C=C[C@H]2C3)CC1. The first-order valence-corrected chi connectivity index (χ1v) is 28.4. The van der Waals surface area contributed by atoms with Gasteiger partial charge in [-0.2, -0.15) is 0 Å². The summed E-state index contributed by atoms with van der Waals surface area (Å²) in [6, 6.07) is 14.4. The fourth-order valence-electron chi connectivity index (χ4n) is 16.0. The van der Waals surface area contributed by atoms with Crippen molar-refractivity contribution in [2.75, 3.05) is 73.7 Å². The van der Waals surface area contributed by atoms with Gasteiger partial charge in [-0.3, -0.25) is 4.79 Å². The maximum Gasteiger partial charge on any atom is 0.168 e. The second-order valence-electron chi connectivity index (χ2n) is 24.0. The van der Waals surface area contributed by atoms with E-state index in [2.05, 4.69) is 39.0 Å². The zero-order chi connectivity index (χ0) is 49.9. The monoisotopic (exact) mass is 992 g/mol. The number of nitrogens with zero attached hydrogens (tertiary/aromatic N) is 3. The average Bonchev–Trinajstić information content (AvgIpc) is 4.29. The number of piperidine rings is 3. The van der Waals surface area contributed by atoms with E-state index >= 15 is 0 Å². The Morgan fingerprint density at radius 1 is 0.556 bits per heavy atom. The van der Waals surface area contributed by atoms with Crippen molar-refractivity contribution in [1.29, 1.82) is 0 Å². The summed E-state index contributed by atoms with van der Waals surface area (Å²) < 4.78 is 57.4. The topological polar surface area (TPSA) is 54.5 Å². The molecule has 3 aromatic carbocycles. The average molecular weight is 992 g/mol. The van der Waals surface area contributed by atoms with Gasteiger partial charge >= 0.3 is 0 Å². The number of rotatable bonds is 13. The Hall–Kier alpha value is -3.86. The van der Waals surface area contributed by atoms with Crippen molar-refractivity contribution in [2.24, 2.45) is 47.3 Å². The maximum absolute atomic E-state index is 13.9. The van der Waals surface area contributed by atoms with E-state index in [0.29, 0.717) is 23.8 Å². The number of Topliss-reactive ketones (excluding diaryl/α,β-unsaturated/α-hetero) is 1. The molecule has 72 heavy (non-hydrogen) atoms. The molecule has 6 bridgehead atoms. The second-order valence-corrected chi connectivity index (χ2v) is 24.0. The standard InChI is InChI=1S/C23H33NO2.C20H26FNO.C19H25F2NO/c1-16(25)11-17-4-6-23(26-2)22(14-17)19-7-9-24(10-8-19)15-21-13-18-3-5-20(21)12-18;1-23-20-5-4-18(21)12-19(20)15-6-8-22(9-7-15)13-17-11-14-2-3-16(17)10-14;1-23-19-16(10-15(20)11-17(19)21)13-4-6-22(7-5-13)18-9-12-2-3-14(18)8-12/h4,6,14,18-21H,3,5,7-13,15H2,1-2H3;2-5,12,14-17H,6-11,13H2,1H3;10-14,18H,2-9H2,1H3/t18-,20-,21?;14-,16-,17-;12-,14-,18-/m000/s1. The number of ether oxygens (including phenoxy) is 3. The highest BCUT2D eigenvalue weighted by atomic mass is 19.1. The highest BCUT2D eigenvalue weighted by molar-refractivity contribution is 5.78. The van der Waals surface area contributed by atoms with E-state index in [9.17, 15) is 18.0 Å². The first kappa shape index (κ1) is 51.6. The molecule has 3 saturated heterocycles. The van der Waals surface area contributed by atoms with Crippen molar-refractivity contribution in [2.45, 2.75) is 140 Å². The molecule has 1 unspecified atom stereocenters. The molecular weight excluding hydrogens is 908 g/mol. The minimum absolute atomic E-state index is 0.156. The number of benzene rings is 3. The number of fused-ring (bicyclic) bond motifs is 6. The highest BCUT2D eigenvalue weighted by Crippen LogP contribution is 2.50. The number of methoxy groups -OCH3 is 3. The molecule has 12 rings (SSSR count). The van der Waals surface area contributed by atoms with Crippen LogP contribution in [0.5, 0.6) is 17.2 Å². The number of allylic oxidation sites excluding steroid dienone is 2. The molecule has 8 fully saturated rings. The van der Waals surface area contributed by atoms with Gasteiger partial charge in [0.05, 0.1) is 21.3 Å². The predicted octanol–water partition coefficient (Wildman–Crippen LogP) is 13.0. The summed E-state index contributed by atoms with van der Waals surface area (Å²) >= 11 is 0. The van der Waals surface area contributed by atoms with Gasteiger partial charge in [0.2, 0.25) is 0 Å². The van der Waals surface area contributed by atoms with Crippen LogP contribution >= 0.6 is 0 Å². The summed E-state index contributed by atoms with van der Waals surface area (Å²) in [5.41, 5.74) is 4.19. The van der Waals surface area contributed by atoms with Gasteiger partial charge < -0.3 is 28.9 Å². The Labute approximate surface area is 429 Å². The van der Waals surface area contributed by atoms with Crippen LogP contribution < -0.4 is 14.2 Å². The zero-order valence-electron chi connectivity index (χ0n) is 44.0. The number of carbonyl (C=O) groups is 1. The van der Waals surface area contributed by atoms with Gasteiger partial charge in [0.1, 0.15) is 28.9 Å². The van der Waals surface area contributed by atoms with Crippen LogP contribution in [0.4, 0.5) is 13.2 Å². The molecule has 0 spiro atoms. The first-order valence-electron chi connectivity index (χ1n) is 28.4. The lowest BCUT2D eigenvalue weighted by molar-refractivity contribution is -0.116. The molecule has 3 heterocycles. The molecule has 7 nitrogen and oxygen atoms in total. The van der Waals surface area contributed by atoms with E-state index in [0.717, 1.165) is 134 Å². The number of likely N-dealkylation sites (tertiary alicyclic amines) is 3. The van der Waals surface area contributed by atoms with Crippen LogP contribution in [-0.4, -0.2) is 100 Å². The van der Waals surface area contributed by atoms with E-state index in [-0.39, 0.29) is 23.3 Å². The van der Waals surface area contributed by atoms with Crippen molar-refractivity contribution in [3.8, 4) is 17.2 Å². The van der Waals surface area contributed by atoms with Gasteiger partial charge in [0.15, 0.2) is 11.6 Å². The lowest BCUT2D eigenvalue weighted by Gasteiger charge is -2.40. The number of hydrogen-bond donors (Lipinski definition) is 0. The fourth-order valence-corrected chi connectivity index (χ4v) is 16.0. The molecule has 6 aliphatic carbocycles. The molecule has 0 N–H and O–H groups in total. The van der Waals surface area contributed by atoms with Crippen molar-refractivity contribution >= 4 is 5.78 Å². The minimum atomic E-state index is -0.585. The van der Waals surface area contributed by atoms with Crippen molar-refractivity contribution in [3.63, 3.8) is 0 Å². The molecule has 9 atom stereocenters. The Morgan fingerprint density at radius 3 is 1.68 bits per heavy atom. The summed E-state index contributed by atoms with van der Waals surface area (Å²) in [5, 5.41) is 0. The molecule has 10 heteroatoms. The lowest BCUT2D eigenvalue weighted by Crippen LogP contribution is -2.43. The third-order valence-electron chi connectivity index (χ3n) is 19.7. The maximum atomic E-state index is 13.9. The summed E-state index contributed by atoms with van der Waals surface area (Å²) in [7, 11) is 4.90. The van der Waals surface area contributed by atoms with E-state index in [1.54, 1.807) is 33.3 Å². The van der Waals surface area contributed by atoms with Crippen molar-refractivity contribution in [3.05, 3.63) is 100 Å². The van der Waals surface area contributed by atoms with Gasteiger partial charge in [-0.15, -0.1) is 0 Å². The van der Waals surface area contributed by atoms with Gasteiger partial charge in [-0.05, 0) is 243 Å². The van der Waals surface area contributed by atoms with Crippen molar-refractivity contribution in [1.82, 2.24) is 14.7 Å². The largest absolute Gasteiger partial charge is 0.496 e. The molecule has 0 amide bonds. The molecule has 9 aliphatic rings. The number of hydrogen-bond acceptors (Lipinski definition) is 7. The lowest BCUT2D eigenvalue weighted by atomic mass is 9.85. The minimum Gasteiger partial charge on any atom is -0.496 e. The van der Waals surface area contributed by atoms with Crippen LogP contribution in [0.25, 0.3) is 0 Å². The Bertz CT molecular complexity index is 2340. The van der Waals surface area contributed by atoms with Crippen LogP contribution in [0.15, 0.2) is 60.7 Å². The summed E-state index contributed by atoms with van der Waals surface area (Å²) in [6.45, 7) is 11.0. The van der Waals surface area contributed by atoms with Crippen molar-refractivity contribution < 1.29 is 32.2 Å². The van der Waals surface area contributed by atoms with Crippen LogP contribution in [0.2, 0.25) is 0 Å². The predicted molar refractivity (Wildman–Crippen MR) is 281 cm³/mol. The van der Waals surface area contributed by atoms with E-state index in [1.165, 1.54) is 128 Å². The Kier molecular flexibility index (Phi) is 16.7. The number of carbonyl (C=O) groups excluding carboxylic acids is 1. The van der Waals surface area contributed by atoms with Crippen LogP contribution in [0, 0.1) is 64.8 Å². The van der Waals surface area contributed by atoms with E-state index < -0.39 is 11.6 Å². The molecule has 392 valence electrons. The summed E-state index contributed by atoms with van der Waals surface area (Å²) in [4.78, 5) is 19.5. The van der Waals surface area contributed by atoms with Crippen LogP contribution in [0.3, 0.4) is 0 Å². The fraction of sp³-hybridized carbons (Fsp3) is 0.661. The second kappa shape index (κ2) is 23.4. The van der Waals surface area contributed by atoms with Crippen LogP contribution in [0.1, 0.15) is 150 Å². The highest BCUT2D eigenvalue weighted by Gasteiger charge is 2.44. The number of halogens is 3. The van der Waals surface area contributed by atoms with E-state index in [4.69, 9.17) is 14.2 Å². The molecule has 0 aromatic heterocycles. The molecule has 3 aromatic rings. The summed E-state index contributed by atoms with van der Waals surface area (Å²) in [5.74, 6) is 9.69. The normalized spacial score (nSPS) is 30.6. The Morgan fingerprint density at radius 2 is 1.14 bits per heavy atom. The first-order chi connectivity index (χ1) is 35.0. The molecule has 5 saturated carbocycles. The molecule has 3 aliphatic heterocycles. The van der Waals surface area contributed by atoms with Gasteiger partial charge in [0.25, 0.3) is 0 Å². The summed E-state index contributed by atoms with van der Waals surface area (Å²) in [6.07, 6.45) is 26.4. The quantitative estimate of drug-likeness (QED) is 0.158. The zero-order valence-corrected chi connectivity index (χ0v) is 44.0. The third-order valence-corrected chi connectivity index (χ3v) is 19.7. The molecule has 0 radical (unpaired) electrons. The Balaban J connectivity index is 0.000000125. The van der Waals surface area contributed by atoms with E-state index in [1.807, 2.05) is 6.07 Å².